The van der Waals surface area contributed by atoms with Gasteiger partial charge >= 0.3 is 0 Å². The number of ether oxygens (including phenoxy) is 2. The first-order valence-corrected chi connectivity index (χ1v) is 5.99. The number of H-pyrrole nitrogens is 1. The molecule has 2 aromatic heterocycles. The highest BCUT2D eigenvalue weighted by Gasteiger charge is 2.31. The van der Waals surface area contributed by atoms with Crippen LogP contribution in [0, 0.1) is 0 Å². The van der Waals surface area contributed by atoms with E-state index in [1.165, 1.54) is 0 Å². The molecule has 0 amide bonds. The molecule has 1 aliphatic rings. The summed E-state index contributed by atoms with van der Waals surface area (Å²) in [7, 11) is 1.55. The molecule has 7 heteroatoms. The molecular formula is C12H14N4O3. The predicted octanol–water partition coefficient (Wildman–Crippen LogP) is 1.53. The quantitative estimate of drug-likeness (QED) is 0.841. The van der Waals surface area contributed by atoms with Crippen LogP contribution in [-0.4, -0.2) is 40.2 Å². The number of aromatic nitrogens is 4. The molecular weight excluding hydrogens is 248 g/mol. The number of nitrogens with zero attached hydrogens (tertiary/aromatic N) is 3. The number of hydrogen-bond acceptors (Lipinski definition) is 6. The first-order valence-electron chi connectivity index (χ1n) is 5.99. The van der Waals surface area contributed by atoms with Crippen LogP contribution in [0.2, 0.25) is 0 Å². The summed E-state index contributed by atoms with van der Waals surface area (Å²) in [5.41, 5.74) is 0.629. The van der Waals surface area contributed by atoms with Crippen LogP contribution >= 0.6 is 0 Å². The van der Waals surface area contributed by atoms with Crippen molar-refractivity contribution < 1.29 is 14.0 Å². The lowest BCUT2D eigenvalue weighted by atomic mass is 10.0. The molecule has 1 fully saturated rings. The van der Waals surface area contributed by atoms with Crippen molar-refractivity contribution in [3.05, 3.63) is 24.5 Å². The summed E-state index contributed by atoms with van der Waals surface area (Å²) in [4.78, 5) is 4.38. The molecule has 100 valence electrons. The van der Waals surface area contributed by atoms with Crippen molar-refractivity contribution in [3.63, 3.8) is 0 Å². The number of aromatic amines is 1. The summed E-state index contributed by atoms with van der Waals surface area (Å²) >= 11 is 0. The topological polar surface area (TPSA) is 86.1 Å². The second kappa shape index (κ2) is 4.85. The standard InChI is InChI=1S/C12H14N4O3/c1-3-9-7(4-5-18-9)11-13-12(19-16-11)8-6-10(17-2)15-14-8/h3,6-7,9H,1,4-5H2,2H3,(H,14,15)/t7-,9+/m1/s1. The Kier molecular flexibility index (Phi) is 3.04. The molecule has 1 N–H and O–H groups in total. The average molecular weight is 262 g/mol. The maximum atomic E-state index is 5.53. The van der Waals surface area contributed by atoms with Crippen LogP contribution in [0.5, 0.6) is 5.88 Å². The first-order chi connectivity index (χ1) is 9.31. The van der Waals surface area contributed by atoms with Gasteiger partial charge in [0.15, 0.2) is 5.82 Å². The number of methoxy groups -OCH3 is 1. The molecule has 19 heavy (non-hydrogen) atoms. The molecule has 3 heterocycles. The fourth-order valence-electron chi connectivity index (χ4n) is 2.13. The molecule has 0 unspecified atom stereocenters. The third-order valence-corrected chi connectivity index (χ3v) is 3.14. The minimum absolute atomic E-state index is 0.0539. The molecule has 0 saturated carbocycles. The van der Waals surface area contributed by atoms with E-state index in [1.807, 2.05) is 0 Å². The zero-order chi connectivity index (χ0) is 13.2. The zero-order valence-corrected chi connectivity index (χ0v) is 10.5. The highest BCUT2D eigenvalue weighted by atomic mass is 16.5. The van der Waals surface area contributed by atoms with Crippen LogP contribution in [-0.2, 0) is 4.74 Å². The minimum Gasteiger partial charge on any atom is -0.480 e. The Morgan fingerprint density at radius 2 is 2.47 bits per heavy atom. The molecule has 0 radical (unpaired) electrons. The monoisotopic (exact) mass is 262 g/mol. The number of rotatable bonds is 4. The predicted molar refractivity (Wildman–Crippen MR) is 65.7 cm³/mol. The molecule has 1 aliphatic heterocycles. The van der Waals surface area contributed by atoms with Gasteiger partial charge in [-0.3, -0.25) is 5.10 Å². The Balaban J connectivity index is 1.84. The van der Waals surface area contributed by atoms with Crippen molar-refractivity contribution in [2.45, 2.75) is 18.4 Å². The largest absolute Gasteiger partial charge is 0.480 e. The maximum absolute atomic E-state index is 5.53. The Labute approximate surface area is 109 Å². The van der Waals surface area contributed by atoms with E-state index >= 15 is 0 Å². The van der Waals surface area contributed by atoms with Crippen molar-refractivity contribution in [2.24, 2.45) is 0 Å². The van der Waals surface area contributed by atoms with E-state index in [1.54, 1.807) is 19.3 Å². The van der Waals surface area contributed by atoms with E-state index in [9.17, 15) is 0 Å². The summed E-state index contributed by atoms with van der Waals surface area (Å²) < 4.78 is 15.8. The van der Waals surface area contributed by atoms with E-state index in [0.717, 1.165) is 6.42 Å². The van der Waals surface area contributed by atoms with Crippen LogP contribution in [0.3, 0.4) is 0 Å². The van der Waals surface area contributed by atoms with Crippen LogP contribution in [0.25, 0.3) is 11.6 Å². The van der Waals surface area contributed by atoms with Gasteiger partial charge in [-0.05, 0) is 6.42 Å². The average Bonchev–Trinajstić information content (AvgIpc) is 3.16. The Morgan fingerprint density at radius 3 is 3.21 bits per heavy atom. The molecule has 1 saturated heterocycles. The van der Waals surface area contributed by atoms with Crippen molar-refractivity contribution in [3.8, 4) is 17.5 Å². The van der Waals surface area contributed by atoms with Gasteiger partial charge in [0, 0.05) is 12.7 Å². The molecule has 0 bridgehead atoms. The normalized spacial score (nSPS) is 22.6. The smallest absolute Gasteiger partial charge is 0.276 e. The molecule has 2 aromatic rings. The maximum Gasteiger partial charge on any atom is 0.276 e. The van der Waals surface area contributed by atoms with Gasteiger partial charge < -0.3 is 14.0 Å². The summed E-state index contributed by atoms with van der Waals surface area (Å²) in [6.45, 7) is 4.44. The molecule has 0 aromatic carbocycles. The molecule has 0 spiro atoms. The Bertz CT molecular complexity index is 577. The number of nitrogens with one attached hydrogen (secondary N) is 1. The van der Waals surface area contributed by atoms with Gasteiger partial charge in [0.1, 0.15) is 5.69 Å². The molecule has 2 atom stereocenters. The van der Waals surface area contributed by atoms with E-state index in [4.69, 9.17) is 14.0 Å². The fraction of sp³-hybridized carbons (Fsp3) is 0.417. The van der Waals surface area contributed by atoms with E-state index < -0.39 is 0 Å². The lowest BCUT2D eigenvalue weighted by Gasteiger charge is -2.09. The fourth-order valence-corrected chi connectivity index (χ4v) is 2.13. The summed E-state index contributed by atoms with van der Waals surface area (Å²) in [5.74, 6) is 1.59. The van der Waals surface area contributed by atoms with Gasteiger partial charge in [-0.15, -0.1) is 11.7 Å². The number of hydrogen-bond donors (Lipinski definition) is 1. The molecule has 0 aliphatic carbocycles. The van der Waals surface area contributed by atoms with Gasteiger partial charge in [-0.25, -0.2) is 0 Å². The second-order valence-corrected chi connectivity index (χ2v) is 4.25. The van der Waals surface area contributed by atoms with Gasteiger partial charge in [-0.2, -0.15) is 4.98 Å². The SMILES string of the molecule is C=C[C@@H]1OCC[C@H]1c1noc(-c2cc(OC)n[nH]2)n1. The summed E-state index contributed by atoms with van der Waals surface area (Å²) in [6.07, 6.45) is 2.58. The Morgan fingerprint density at radius 1 is 1.58 bits per heavy atom. The van der Waals surface area contributed by atoms with E-state index in [0.29, 0.717) is 29.9 Å². The van der Waals surface area contributed by atoms with Crippen LogP contribution < -0.4 is 4.74 Å². The van der Waals surface area contributed by atoms with Crippen LogP contribution in [0.15, 0.2) is 23.2 Å². The highest BCUT2D eigenvalue weighted by Crippen LogP contribution is 2.31. The lowest BCUT2D eigenvalue weighted by Crippen LogP contribution is -2.12. The lowest BCUT2D eigenvalue weighted by molar-refractivity contribution is 0.138. The first kappa shape index (κ1) is 11.9. The van der Waals surface area contributed by atoms with Crippen molar-refractivity contribution in [1.29, 1.82) is 0 Å². The van der Waals surface area contributed by atoms with Crippen molar-refractivity contribution in [2.75, 3.05) is 13.7 Å². The summed E-state index contributed by atoms with van der Waals surface area (Å²) in [6, 6.07) is 1.70. The highest BCUT2D eigenvalue weighted by molar-refractivity contribution is 5.48. The van der Waals surface area contributed by atoms with Gasteiger partial charge in [0.2, 0.25) is 5.88 Å². The molecule has 3 rings (SSSR count). The molecule has 7 nitrogen and oxygen atoms in total. The third-order valence-electron chi connectivity index (χ3n) is 3.14. The third kappa shape index (κ3) is 2.12. The van der Waals surface area contributed by atoms with Crippen LogP contribution in [0.1, 0.15) is 18.2 Å². The van der Waals surface area contributed by atoms with Gasteiger partial charge in [-0.1, -0.05) is 11.2 Å². The van der Waals surface area contributed by atoms with Gasteiger partial charge in [0.05, 0.1) is 19.1 Å². The van der Waals surface area contributed by atoms with Gasteiger partial charge in [0.25, 0.3) is 5.89 Å². The van der Waals surface area contributed by atoms with Crippen molar-refractivity contribution >= 4 is 0 Å². The minimum atomic E-state index is -0.0539. The van der Waals surface area contributed by atoms with E-state index in [2.05, 4.69) is 26.9 Å². The Hall–Kier alpha value is -2.15. The van der Waals surface area contributed by atoms with Crippen LogP contribution in [0.4, 0.5) is 0 Å². The van der Waals surface area contributed by atoms with Crippen molar-refractivity contribution in [1.82, 2.24) is 20.3 Å². The van der Waals surface area contributed by atoms with E-state index in [-0.39, 0.29) is 12.0 Å². The zero-order valence-electron chi connectivity index (χ0n) is 10.5. The summed E-state index contributed by atoms with van der Waals surface area (Å²) in [5, 5.41) is 10.7. The second-order valence-electron chi connectivity index (χ2n) is 4.25.